The smallest absolute Gasteiger partial charge is 0.00804 e. The molecule has 0 bridgehead atoms. The molecular formula is C7H7S. The molecule has 1 aromatic rings. The average Bonchev–Trinajstić information content (AvgIpc) is 2.15. The van der Waals surface area contributed by atoms with Gasteiger partial charge in [-0.25, -0.2) is 0 Å². The Labute approximate surface area is 53.2 Å². The van der Waals surface area contributed by atoms with E-state index in [2.05, 4.69) is 17.9 Å². The molecular weight excluding hydrogens is 116 g/mol. The molecule has 0 amide bonds. The third kappa shape index (κ3) is 0.511. The fourth-order valence-electron chi connectivity index (χ4n) is 1.09. The fourth-order valence-corrected chi connectivity index (χ4v) is 2.00. The van der Waals surface area contributed by atoms with E-state index in [0.717, 1.165) is 0 Å². The first-order valence-corrected chi connectivity index (χ1v) is 3.74. The van der Waals surface area contributed by atoms with E-state index in [1.807, 2.05) is 11.3 Å². The molecule has 1 aromatic heterocycles. The predicted octanol–water partition coefficient (Wildman–Crippen LogP) is 2.25. The van der Waals surface area contributed by atoms with Gasteiger partial charge in [0.25, 0.3) is 0 Å². The predicted molar refractivity (Wildman–Crippen MR) is 36.0 cm³/mol. The minimum atomic E-state index is 1.27. The van der Waals surface area contributed by atoms with Crippen molar-refractivity contribution in [2.24, 2.45) is 0 Å². The maximum atomic E-state index is 2.31. The summed E-state index contributed by atoms with van der Waals surface area (Å²) in [5.74, 6) is 0. The summed E-state index contributed by atoms with van der Waals surface area (Å²) < 4.78 is 0. The van der Waals surface area contributed by atoms with Crippen molar-refractivity contribution in [1.82, 2.24) is 0 Å². The molecule has 0 saturated heterocycles. The first kappa shape index (κ1) is 4.57. The van der Waals surface area contributed by atoms with Crippen LogP contribution in [-0.2, 0) is 6.42 Å². The normalized spacial score (nSPS) is 16.5. The van der Waals surface area contributed by atoms with Crippen LogP contribution < -0.4 is 0 Å². The lowest BCUT2D eigenvalue weighted by Crippen LogP contribution is -1.63. The largest absolute Gasteiger partial charge is 0.149 e. The average molecular weight is 123 g/mol. The van der Waals surface area contributed by atoms with E-state index in [9.17, 15) is 0 Å². The van der Waals surface area contributed by atoms with E-state index < -0.39 is 0 Å². The summed E-state index contributed by atoms with van der Waals surface area (Å²) in [4.78, 5) is 1.57. The number of fused-ring (bicyclic) bond motifs is 1. The SMILES string of the molecule is [CH]1CCc2sccc21. The van der Waals surface area contributed by atoms with E-state index in [-0.39, 0.29) is 0 Å². The molecule has 1 aliphatic carbocycles. The van der Waals surface area contributed by atoms with Gasteiger partial charge in [-0.2, -0.15) is 0 Å². The Bertz CT molecular complexity index is 170. The third-order valence-electron chi connectivity index (χ3n) is 1.52. The van der Waals surface area contributed by atoms with Crippen molar-refractivity contribution in [2.75, 3.05) is 0 Å². The molecule has 0 saturated carbocycles. The molecule has 1 heteroatoms. The van der Waals surface area contributed by atoms with Crippen LogP contribution in [0.3, 0.4) is 0 Å². The maximum Gasteiger partial charge on any atom is 0.00804 e. The third-order valence-corrected chi connectivity index (χ3v) is 2.51. The van der Waals surface area contributed by atoms with Gasteiger partial charge in [-0.3, -0.25) is 0 Å². The van der Waals surface area contributed by atoms with Crippen molar-refractivity contribution in [3.8, 4) is 0 Å². The van der Waals surface area contributed by atoms with Gasteiger partial charge in [0.1, 0.15) is 0 Å². The minimum Gasteiger partial charge on any atom is -0.149 e. The number of rotatable bonds is 0. The first-order chi connectivity index (χ1) is 3.97. The van der Waals surface area contributed by atoms with Gasteiger partial charge in [0.15, 0.2) is 0 Å². The van der Waals surface area contributed by atoms with Crippen LogP contribution >= 0.6 is 11.3 Å². The molecule has 1 heterocycles. The van der Waals surface area contributed by atoms with Crippen molar-refractivity contribution in [3.63, 3.8) is 0 Å². The van der Waals surface area contributed by atoms with E-state index >= 15 is 0 Å². The van der Waals surface area contributed by atoms with Crippen molar-refractivity contribution >= 4 is 11.3 Å². The maximum absolute atomic E-state index is 2.31. The Morgan fingerprint density at radius 1 is 1.50 bits per heavy atom. The highest BCUT2D eigenvalue weighted by Crippen LogP contribution is 2.27. The highest BCUT2D eigenvalue weighted by Gasteiger charge is 2.10. The molecule has 0 unspecified atom stereocenters. The van der Waals surface area contributed by atoms with Crippen molar-refractivity contribution in [1.29, 1.82) is 0 Å². The van der Waals surface area contributed by atoms with E-state index in [0.29, 0.717) is 0 Å². The first-order valence-electron chi connectivity index (χ1n) is 2.86. The summed E-state index contributed by atoms with van der Waals surface area (Å²) >= 11 is 1.88. The van der Waals surface area contributed by atoms with Crippen LogP contribution in [0.15, 0.2) is 11.4 Å². The summed E-state index contributed by atoms with van der Waals surface area (Å²) in [6.45, 7) is 0. The lowest BCUT2D eigenvalue weighted by Gasteiger charge is -1.79. The molecule has 41 valence electrons. The Morgan fingerprint density at radius 2 is 2.50 bits per heavy atom. The molecule has 0 atom stereocenters. The van der Waals surface area contributed by atoms with E-state index in [4.69, 9.17) is 0 Å². The van der Waals surface area contributed by atoms with Crippen LogP contribution in [0, 0.1) is 6.42 Å². The zero-order valence-electron chi connectivity index (χ0n) is 4.55. The highest BCUT2D eigenvalue weighted by atomic mass is 32.1. The fraction of sp³-hybridized carbons (Fsp3) is 0.286. The van der Waals surface area contributed by atoms with Gasteiger partial charge >= 0.3 is 0 Å². The van der Waals surface area contributed by atoms with Crippen LogP contribution in [0.25, 0.3) is 0 Å². The summed E-state index contributed by atoms with van der Waals surface area (Å²) in [5, 5.41) is 2.17. The zero-order valence-corrected chi connectivity index (χ0v) is 5.37. The number of hydrogen-bond acceptors (Lipinski definition) is 1. The molecule has 0 aliphatic heterocycles. The number of thiophene rings is 1. The molecule has 8 heavy (non-hydrogen) atoms. The monoisotopic (exact) mass is 123 g/mol. The molecule has 0 spiro atoms. The summed E-state index contributed by atoms with van der Waals surface area (Å²) in [6, 6.07) is 2.20. The van der Waals surface area contributed by atoms with Crippen LogP contribution in [0.1, 0.15) is 16.9 Å². The van der Waals surface area contributed by atoms with E-state index in [1.54, 1.807) is 4.88 Å². The van der Waals surface area contributed by atoms with E-state index in [1.165, 1.54) is 18.4 Å². The summed E-state index contributed by atoms with van der Waals surface area (Å²) in [7, 11) is 0. The zero-order chi connectivity index (χ0) is 5.40. The molecule has 0 fully saturated rings. The van der Waals surface area contributed by atoms with Gasteiger partial charge in [0, 0.05) is 4.88 Å². The molecule has 1 radical (unpaired) electrons. The second kappa shape index (κ2) is 1.59. The van der Waals surface area contributed by atoms with Crippen LogP contribution in [0.5, 0.6) is 0 Å². The molecule has 0 N–H and O–H groups in total. The number of aryl methyl sites for hydroxylation is 1. The Morgan fingerprint density at radius 3 is 3.38 bits per heavy atom. The van der Waals surface area contributed by atoms with Crippen molar-refractivity contribution in [2.45, 2.75) is 12.8 Å². The standard InChI is InChI=1S/C7H7S/c1-2-6-4-5-8-7(6)3-1/h2,4-5H,1,3H2. The molecule has 0 aromatic carbocycles. The van der Waals surface area contributed by atoms with Gasteiger partial charge in [-0.15, -0.1) is 11.3 Å². The Balaban J connectivity index is 2.54. The van der Waals surface area contributed by atoms with Crippen molar-refractivity contribution < 1.29 is 0 Å². The molecule has 1 aliphatic rings. The van der Waals surface area contributed by atoms with Crippen LogP contribution in [0.2, 0.25) is 0 Å². The molecule has 2 rings (SSSR count). The Kier molecular flexibility index (Phi) is 0.908. The van der Waals surface area contributed by atoms with Gasteiger partial charge in [0.2, 0.25) is 0 Å². The summed E-state index contributed by atoms with van der Waals surface area (Å²) in [6.07, 6.45) is 4.86. The van der Waals surface area contributed by atoms with Gasteiger partial charge in [-0.05, 0) is 36.3 Å². The second-order valence-electron chi connectivity index (χ2n) is 2.04. The van der Waals surface area contributed by atoms with Crippen molar-refractivity contribution in [3.05, 3.63) is 28.3 Å². The topological polar surface area (TPSA) is 0 Å². The molecule has 0 nitrogen and oxygen atoms in total. The van der Waals surface area contributed by atoms with Gasteiger partial charge in [-0.1, -0.05) is 0 Å². The lowest BCUT2D eigenvalue weighted by molar-refractivity contribution is 1.05. The Hall–Kier alpha value is -0.300. The lowest BCUT2D eigenvalue weighted by atomic mass is 10.3. The summed E-state index contributed by atoms with van der Waals surface area (Å²) in [5.41, 5.74) is 1.48. The van der Waals surface area contributed by atoms with Gasteiger partial charge < -0.3 is 0 Å². The minimum absolute atomic E-state index is 1.27. The second-order valence-corrected chi connectivity index (χ2v) is 3.04. The number of hydrogen-bond donors (Lipinski definition) is 0. The van der Waals surface area contributed by atoms with Crippen LogP contribution in [-0.4, -0.2) is 0 Å². The highest BCUT2D eigenvalue weighted by molar-refractivity contribution is 7.10. The van der Waals surface area contributed by atoms with Gasteiger partial charge in [0.05, 0.1) is 0 Å². The van der Waals surface area contributed by atoms with Crippen LogP contribution in [0.4, 0.5) is 0 Å². The quantitative estimate of drug-likeness (QED) is 0.496.